The largest absolute Gasteiger partial charge is 0.550 e. The van der Waals surface area contributed by atoms with Gasteiger partial charge in [-0.1, -0.05) is 35.5 Å². The third-order valence-electron chi connectivity index (χ3n) is 3.98. The van der Waals surface area contributed by atoms with Crippen LogP contribution < -0.4 is 19.9 Å². The zero-order chi connectivity index (χ0) is 21.5. The molecule has 2 aromatic rings. The Morgan fingerprint density at radius 1 is 1.27 bits per heavy atom. The van der Waals surface area contributed by atoms with Crippen LogP contribution in [0.3, 0.4) is 0 Å². The van der Waals surface area contributed by atoms with Gasteiger partial charge in [-0.15, -0.1) is 5.10 Å². The van der Waals surface area contributed by atoms with E-state index in [1.165, 1.54) is 13.3 Å². The van der Waals surface area contributed by atoms with Gasteiger partial charge in [0.05, 0.1) is 18.6 Å². The third kappa shape index (κ3) is 5.98. The van der Waals surface area contributed by atoms with Crippen LogP contribution in [0.1, 0.15) is 17.5 Å². The molecule has 1 N–H and O–H groups in total. The summed E-state index contributed by atoms with van der Waals surface area (Å²) in [5.41, 5.74) is 1.67. The molecule has 0 aliphatic carbocycles. The Morgan fingerprint density at radius 3 is 2.73 bits per heavy atom. The Morgan fingerprint density at radius 2 is 2.03 bits per heavy atom. The lowest BCUT2D eigenvalue weighted by Crippen LogP contribution is -2.31. The zero-order valence-corrected chi connectivity index (χ0v) is 17.4. The molecule has 1 atom stereocenters. The molecule has 1 fully saturated rings. The van der Waals surface area contributed by atoms with Gasteiger partial charge in [0.1, 0.15) is 6.61 Å². The molecular weight excluding hydrogens is 430 g/mol. The van der Waals surface area contributed by atoms with Crippen LogP contribution in [0, 0.1) is 0 Å². The molecule has 1 aliphatic heterocycles. The van der Waals surface area contributed by atoms with Crippen molar-refractivity contribution in [3.63, 3.8) is 0 Å². The maximum Gasteiger partial charge on any atom is 0.239 e. The SMILES string of the molecule is COc1cc(/C=N\N=C2\NC(=O)[C@H](CC(=O)[O-])S2)ccc1OCc1ccc(Cl)cc1. The molecule has 3 rings (SSSR count). The van der Waals surface area contributed by atoms with E-state index in [1.807, 2.05) is 12.1 Å². The Hall–Kier alpha value is -3.04. The van der Waals surface area contributed by atoms with E-state index in [4.69, 9.17) is 21.1 Å². The maximum absolute atomic E-state index is 11.7. The van der Waals surface area contributed by atoms with E-state index in [9.17, 15) is 14.7 Å². The van der Waals surface area contributed by atoms with E-state index in [-0.39, 0.29) is 11.6 Å². The van der Waals surface area contributed by atoms with Crippen LogP contribution >= 0.6 is 23.4 Å². The first-order valence-corrected chi connectivity index (χ1v) is 10.0. The molecule has 0 aromatic heterocycles. The summed E-state index contributed by atoms with van der Waals surface area (Å²) in [6, 6.07) is 12.6. The summed E-state index contributed by atoms with van der Waals surface area (Å²) in [5.74, 6) is -0.627. The average molecular weight is 447 g/mol. The van der Waals surface area contributed by atoms with Crippen LogP contribution in [-0.4, -0.2) is 35.6 Å². The molecular formula is C20H17ClN3O5S-. The molecule has 1 amide bonds. The molecule has 156 valence electrons. The lowest BCUT2D eigenvalue weighted by molar-refractivity contribution is -0.305. The number of hydrogen-bond donors (Lipinski definition) is 1. The lowest BCUT2D eigenvalue weighted by atomic mass is 10.2. The fourth-order valence-electron chi connectivity index (χ4n) is 2.51. The molecule has 10 heteroatoms. The number of carboxylic acids is 1. The van der Waals surface area contributed by atoms with Gasteiger partial charge < -0.3 is 24.7 Å². The predicted octanol–water partition coefficient (Wildman–Crippen LogP) is 1.99. The number of thioether (sulfide) groups is 1. The first-order valence-electron chi connectivity index (χ1n) is 8.78. The van der Waals surface area contributed by atoms with Crippen LogP contribution in [0.15, 0.2) is 52.7 Å². The molecule has 0 radical (unpaired) electrons. The first-order chi connectivity index (χ1) is 14.4. The fraction of sp³-hybridized carbons (Fsp3) is 0.200. The number of carbonyl (C=O) groups is 2. The van der Waals surface area contributed by atoms with E-state index in [0.717, 1.165) is 17.3 Å². The average Bonchev–Trinajstić information content (AvgIpc) is 3.06. The number of halogens is 1. The van der Waals surface area contributed by atoms with Gasteiger partial charge in [-0.05, 0) is 41.5 Å². The molecule has 1 heterocycles. The van der Waals surface area contributed by atoms with E-state index in [2.05, 4.69) is 15.5 Å². The summed E-state index contributed by atoms with van der Waals surface area (Å²) in [6.07, 6.45) is 1.10. The summed E-state index contributed by atoms with van der Waals surface area (Å²) >= 11 is 6.88. The number of amidine groups is 1. The highest BCUT2D eigenvalue weighted by Crippen LogP contribution is 2.28. The number of benzene rings is 2. The Labute approximate surface area is 181 Å². The second-order valence-electron chi connectivity index (χ2n) is 6.15. The fourth-order valence-corrected chi connectivity index (χ4v) is 3.55. The number of nitrogens with one attached hydrogen (secondary N) is 1. The van der Waals surface area contributed by atoms with E-state index in [1.54, 1.807) is 30.3 Å². The summed E-state index contributed by atoms with van der Waals surface area (Å²) in [5, 5.41) is 21.1. The van der Waals surface area contributed by atoms with Crippen molar-refractivity contribution in [2.24, 2.45) is 10.2 Å². The highest BCUT2D eigenvalue weighted by atomic mass is 35.5. The second kappa shape index (κ2) is 10.1. The molecule has 0 spiro atoms. The molecule has 1 saturated heterocycles. The van der Waals surface area contributed by atoms with Gasteiger partial charge in [-0.2, -0.15) is 5.10 Å². The minimum atomic E-state index is -1.29. The van der Waals surface area contributed by atoms with Crippen LogP contribution in [0.25, 0.3) is 0 Å². The molecule has 8 nitrogen and oxygen atoms in total. The van der Waals surface area contributed by atoms with Crippen molar-refractivity contribution in [2.45, 2.75) is 18.3 Å². The van der Waals surface area contributed by atoms with Gasteiger partial charge in [0.25, 0.3) is 0 Å². The van der Waals surface area contributed by atoms with Crippen molar-refractivity contribution in [3.8, 4) is 11.5 Å². The van der Waals surface area contributed by atoms with Gasteiger partial charge in [-0.3, -0.25) is 4.79 Å². The second-order valence-corrected chi connectivity index (χ2v) is 7.77. The maximum atomic E-state index is 11.7. The third-order valence-corrected chi connectivity index (χ3v) is 5.30. The van der Waals surface area contributed by atoms with Crippen molar-refractivity contribution in [3.05, 3.63) is 58.6 Å². The van der Waals surface area contributed by atoms with Crippen LogP contribution in [0.2, 0.25) is 5.02 Å². The van der Waals surface area contributed by atoms with E-state index >= 15 is 0 Å². The van der Waals surface area contributed by atoms with Crippen molar-refractivity contribution < 1.29 is 24.2 Å². The molecule has 0 saturated carbocycles. The molecule has 1 aliphatic rings. The van der Waals surface area contributed by atoms with Gasteiger partial charge in [-0.25, -0.2) is 0 Å². The molecule has 30 heavy (non-hydrogen) atoms. The molecule has 0 unspecified atom stereocenters. The first kappa shape index (κ1) is 21.7. The molecule has 2 aromatic carbocycles. The number of hydrogen-bond acceptors (Lipinski definition) is 8. The van der Waals surface area contributed by atoms with E-state index < -0.39 is 17.1 Å². The summed E-state index contributed by atoms with van der Waals surface area (Å²) < 4.78 is 11.2. The minimum absolute atomic E-state index is 0.234. The van der Waals surface area contributed by atoms with Crippen molar-refractivity contribution in [1.29, 1.82) is 0 Å². The number of ether oxygens (including phenoxy) is 2. The minimum Gasteiger partial charge on any atom is -0.550 e. The Kier molecular flexibility index (Phi) is 7.31. The summed E-state index contributed by atoms with van der Waals surface area (Å²) in [6.45, 7) is 0.360. The van der Waals surface area contributed by atoms with Gasteiger partial charge in [0.15, 0.2) is 16.7 Å². The predicted molar refractivity (Wildman–Crippen MR) is 113 cm³/mol. The van der Waals surface area contributed by atoms with Gasteiger partial charge >= 0.3 is 0 Å². The van der Waals surface area contributed by atoms with Crippen LogP contribution in [-0.2, 0) is 16.2 Å². The highest BCUT2D eigenvalue weighted by molar-refractivity contribution is 8.15. The van der Waals surface area contributed by atoms with Crippen molar-refractivity contribution in [1.82, 2.24) is 5.32 Å². The number of amides is 1. The summed E-state index contributed by atoms with van der Waals surface area (Å²) in [7, 11) is 1.54. The molecule has 0 bridgehead atoms. The lowest BCUT2D eigenvalue weighted by Gasteiger charge is -2.11. The number of carbonyl (C=O) groups excluding carboxylic acids is 2. The quantitative estimate of drug-likeness (QED) is 0.490. The standard InChI is InChI=1S/C20H18ClN3O5S/c1-28-16-8-13(4-7-15(16)29-11-12-2-5-14(21)6-3-12)10-22-24-20-23-19(27)17(30-20)9-18(25)26/h2-8,10,17H,9,11H2,1H3,(H,25,26)(H,23,24,27)/p-1/b22-10-/t17-/m0/s1. The number of methoxy groups -OCH3 is 1. The highest BCUT2D eigenvalue weighted by Gasteiger charge is 2.30. The number of nitrogens with zero attached hydrogens (tertiary/aromatic N) is 2. The Bertz CT molecular complexity index is 994. The number of rotatable bonds is 8. The van der Waals surface area contributed by atoms with Gasteiger partial charge in [0, 0.05) is 17.4 Å². The monoisotopic (exact) mass is 446 g/mol. The van der Waals surface area contributed by atoms with Crippen molar-refractivity contribution in [2.75, 3.05) is 7.11 Å². The normalized spacial score (nSPS) is 17.3. The zero-order valence-electron chi connectivity index (χ0n) is 15.8. The van der Waals surface area contributed by atoms with Crippen LogP contribution in [0.4, 0.5) is 0 Å². The smallest absolute Gasteiger partial charge is 0.239 e. The summed E-state index contributed by atoms with van der Waals surface area (Å²) in [4.78, 5) is 22.3. The Balaban J connectivity index is 1.62. The van der Waals surface area contributed by atoms with Gasteiger partial charge in [0.2, 0.25) is 5.91 Å². The van der Waals surface area contributed by atoms with E-state index in [0.29, 0.717) is 28.7 Å². The topological polar surface area (TPSA) is 112 Å². The number of aliphatic carboxylic acids is 1. The van der Waals surface area contributed by atoms with Crippen molar-refractivity contribution >= 4 is 46.6 Å². The number of carboxylic acid groups (broad SMARTS) is 1. The van der Waals surface area contributed by atoms with Crippen LogP contribution in [0.5, 0.6) is 11.5 Å².